The lowest BCUT2D eigenvalue weighted by Gasteiger charge is -2.19. The monoisotopic (exact) mass is 288 g/mol. The van der Waals surface area contributed by atoms with Crippen LogP contribution in [0, 0.1) is 6.92 Å². The van der Waals surface area contributed by atoms with Crippen molar-refractivity contribution in [3.05, 3.63) is 53.3 Å². The highest BCUT2D eigenvalue weighted by atomic mass is 16.5. The Morgan fingerprint density at radius 3 is 2.82 bits per heavy atom. The molecule has 22 heavy (non-hydrogen) atoms. The largest absolute Gasteiger partial charge is 0.497 e. The first-order valence-corrected chi connectivity index (χ1v) is 7.65. The molecule has 3 nitrogen and oxygen atoms in total. The Hall–Kier alpha value is -2.55. The summed E-state index contributed by atoms with van der Waals surface area (Å²) in [6, 6.07) is 10.9. The average molecular weight is 288 g/mol. The summed E-state index contributed by atoms with van der Waals surface area (Å²) in [7, 11) is 1.71. The summed E-state index contributed by atoms with van der Waals surface area (Å²) in [6.07, 6.45) is 4.18. The van der Waals surface area contributed by atoms with Gasteiger partial charge in [-0.05, 0) is 55.0 Å². The van der Waals surface area contributed by atoms with Gasteiger partial charge in [-0.15, -0.1) is 0 Å². The number of aryl methyl sites for hydroxylation is 3. The molecule has 3 heteroatoms. The SMILES string of the molecule is COc1ccc2c(c1)c1ncc3n1c1c(cc(C)cc21)CC3. The highest BCUT2D eigenvalue weighted by Crippen LogP contribution is 2.36. The predicted octanol–water partition coefficient (Wildman–Crippen LogP) is 4.06. The fraction of sp³-hybridized carbons (Fsp3) is 0.211. The van der Waals surface area contributed by atoms with Gasteiger partial charge in [0, 0.05) is 22.7 Å². The maximum atomic E-state index is 5.41. The molecule has 0 saturated carbocycles. The third kappa shape index (κ3) is 1.38. The van der Waals surface area contributed by atoms with Crippen LogP contribution >= 0.6 is 0 Å². The number of hydrogen-bond acceptors (Lipinski definition) is 2. The van der Waals surface area contributed by atoms with Gasteiger partial charge in [0.2, 0.25) is 0 Å². The predicted molar refractivity (Wildman–Crippen MR) is 88.9 cm³/mol. The van der Waals surface area contributed by atoms with E-state index in [9.17, 15) is 0 Å². The van der Waals surface area contributed by atoms with Crippen LogP contribution < -0.4 is 4.74 Å². The number of pyridine rings is 1. The lowest BCUT2D eigenvalue weighted by molar-refractivity contribution is 0.415. The van der Waals surface area contributed by atoms with Crippen molar-refractivity contribution in [3.8, 4) is 5.75 Å². The second-order valence-corrected chi connectivity index (χ2v) is 6.14. The van der Waals surface area contributed by atoms with E-state index in [2.05, 4.69) is 35.6 Å². The van der Waals surface area contributed by atoms with E-state index >= 15 is 0 Å². The average Bonchev–Trinajstić information content (AvgIpc) is 2.97. The van der Waals surface area contributed by atoms with Crippen molar-refractivity contribution in [3.63, 3.8) is 0 Å². The minimum atomic E-state index is 0.878. The van der Waals surface area contributed by atoms with E-state index in [0.717, 1.165) is 29.6 Å². The fourth-order valence-corrected chi connectivity index (χ4v) is 3.85. The minimum absolute atomic E-state index is 0.878. The zero-order valence-electron chi connectivity index (χ0n) is 12.7. The number of rotatable bonds is 1. The maximum absolute atomic E-state index is 5.41. The van der Waals surface area contributed by atoms with Crippen molar-refractivity contribution < 1.29 is 4.74 Å². The van der Waals surface area contributed by atoms with Gasteiger partial charge in [-0.2, -0.15) is 0 Å². The quantitative estimate of drug-likeness (QED) is 0.494. The van der Waals surface area contributed by atoms with E-state index in [0.29, 0.717) is 0 Å². The summed E-state index contributed by atoms with van der Waals surface area (Å²) in [4.78, 5) is 4.71. The Bertz CT molecular complexity index is 1080. The van der Waals surface area contributed by atoms with Crippen LogP contribution in [0.25, 0.3) is 27.3 Å². The molecule has 0 radical (unpaired) electrons. The van der Waals surface area contributed by atoms with Crippen LogP contribution in [0.1, 0.15) is 16.8 Å². The second-order valence-electron chi connectivity index (χ2n) is 6.14. The molecule has 2 aromatic carbocycles. The summed E-state index contributed by atoms with van der Waals surface area (Å²) in [5.74, 6) is 0.878. The molecular formula is C19H16N2O. The summed E-state index contributed by atoms with van der Waals surface area (Å²) < 4.78 is 7.76. The summed E-state index contributed by atoms with van der Waals surface area (Å²) >= 11 is 0. The van der Waals surface area contributed by atoms with Crippen LogP contribution in [0.5, 0.6) is 5.75 Å². The number of imidazole rings is 1. The molecule has 2 aromatic heterocycles. The van der Waals surface area contributed by atoms with Crippen LogP contribution in [0.3, 0.4) is 0 Å². The van der Waals surface area contributed by atoms with E-state index in [1.54, 1.807) is 7.11 Å². The lowest BCUT2D eigenvalue weighted by atomic mass is 9.95. The van der Waals surface area contributed by atoms with E-state index in [1.807, 2.05) is 12.3 Å². The third-order valence-electron chi connectivity index (χ3n) is 4.80. The molecule has 0 aliphatic carbocycles. The lowest BCUT2D eigenvalue weighted by Crippen LogP contribution is -2.07. The number of nitrogens with zero attached hydrogens (tertiary/aromatic N) is 2. The molecule has 0 atom stereocenters. The van der Waals surface area contributed by atoms with Gasteiger partial charge in [0.05, 0.1) is 12.6 Å². The molecule has 0 spiro atoms. The smallest absolute Gasteiger partial charge is 0.145 e. The van der Waals surface area contributed by atoms with Crippen LogP contribution in [-0.2, 0) is 12.8 Å². The molecule has 108 valence electrons. The molecule has 1 aliphatic heterocycles. The molecule has 1 aliphatic rings. The van der Waals surface area contributed by atoms with Crippen molar-refractivity contribution >= 4 is 27.3 Å². The summed E-state index contributed by atoms with van der Waals surface area (Å²) in [5.41, 5.74) is 6.44. The van der Waals surface area contributed by atoms with Gasteiger partial charge in [0.25, 0.3) is 0 Å². The van der Waals surface area contributed by atoms with Crippen molar-refractivity contribution in [2.45, 2.75) is 19.8 Å². The van der Waals surface area contributed by atoms with Crippen molar-refractivity contribution in [1.82, 2.24) is 9.38 Å². The molecule has 3 heterocycles. The Labute approximate surface area is 128 Å². The summed E-state index contributed by atoms with van der Waals surface area (Å²) in [5, 5.41) is 3.74. The first kappa shape index (κ1) is 12.0. The van der Waals surface area contributed by atoms with Crippen LogP contribution in [0.2, 0.25) is 0 Å². The Kier molecular flexibility index (Phi) is 2.19. The van der Waals surface area contributed by atoms with E-state index < -0.39 is 0 Å². The van der Waals surface area contributed by atoms with Crippen LogP contribution in [0.15, 0.2) is 36.5 Å². The van der Waals surface area contributed by atoms with E-state index in [4.69, 9.17) is 9.72 Å². The molecule has 0 N–H and O–H groups in total. The van der Waals surface area contributed by atoms with E-state index in [-0.39, 0.29) is 0 Å². The number of aromatic nitrogens is 2. The first-order valence-electron chi connectivity index (χ1n) is 7.65. The fourth-order valence-electron chi connectivity index (χ4n) is 3.85. The first-order chi connectivity index (χ1) is 10.8. The second kappa shape index (κ2) is 4.01. The minimum Gasteiger partial charge on any atom is -0.497 e. The third-order valence-corrected chi connectivity index (χ3v) is 4.80. The van der Waals surface area contributed by atoms with Gasteiger partial charge in [0.1, 0.15) is 11.4 Å². The van der Waals surface area contributed by atoms with Gasteiger partial charge in [-0.25, -0.2) is 4.98 Å². The van der Waals surface area contributed by atoms with Gasteiger partial charge in [0.15, 0.2) is 0 Å². The maximum Gasteiger partial charge on any atom is 0.145 e. The van der Waals surface area contributed by atoms with Crippen molar-refractivity contribution in [1.29, 1.82) is 0 Å². The molecule has 0 bridgehead atoms. The zero-order valence-corrected chi connectivity index (χ0v) is 12.7. The molecular weight excluding hydrogens is 272 g/mol. The number of benzene rings is 2. The topological polar surface area (TPSA) is 26.5 Å². The number of hydrogen-bond donors (Lipinski definition) is 0. The van der Waals surface area contributed by atoms with Crippen molar-refractivity contribution in [2.75, 3.05) is 7.11 Å². The zero-order chi connectivity index (χ0) is 14.8. The normalized spacial score (nSPS) is 13.5. The molecule has 4 aromatic rings. The number of methoxy groups -OCH3 is 1. The van der Waals surface area contributed by atoms with Gasteiger partial charge >= 0.3 is 0 Å². The highest BCUT2D eigenvalue weighted by Gasteiger charge is 2.20. The molecule has 0 saturated heterocycles. The van der Waals surface area contributed by atoms with Gasteiger partial charge < -0.3 is 4.74 Å². The highest BCUT2D eigenvalue weighted by molar-refractivity contribution is 6.13. The van der Waals surface area contributed by atoms with E-state index in [1.165, 1.54) is 33.1 Å². The van der Waals surface area contributed by atoms with Crippen LogP contribution in [0.4, 0.5) is 0 Å². The van der Waals surface area contributed by atoms with Crippen LogP contribution in [-0.4, -0.2) is 16.5 Å². The Balaban J connectivity index is 2.14. The van der Waals surface area contributed by atoms with Crippen molar-refractivity contribution in [2.24, 2.45) is 0 Å². The molecule has 0 unspecified atom stereocenters. The van der Waals surface area contributed by atoms with Gasteiger partial charge in [-0.3, -0.25) is 4.40 Å². The number of ether oxygens (including phenoxy) is 1. The standard InChI is InChI=1S/C19H16N2O/c1-11-7-12-3-4-13-10-20-19-17-9-14(22-2)5-6-15(17)16(8-11)18(12)21(13)19/h5-10H,3-4H2,1-2H3. The number of fused-ring (bicyclic) bond motifs is 3. The molecule has 0 amide bonds. The summed E-state index contributed by atoms with van der Waals surface area (Å²) in [6.45, 7) is 2.18. The molecule has 5 rings (SSSR count). The van der Waals surface area contributed by atoms with Gasteiger partial charge in [-0.1, -0.05) is 11.6 Å². The Morgan fingerprint density at radius 1 is 1.05 bits per heavy atom. The Morgan fingerprint density at radius 2 is 1.95 bits per heavy atom. The molecule has 0 fully saturated rings.